The van der Waals surface area contributed by atoms with Gasteiger partial charge in [0.1, 0.15) is 12.7 Å². The van der Waals surface area contributed by atoms with Crippen molar-refractivity contribution in [3.8, 4) is 0 Å². The van der Waals surface area contributed by atoms with Gasteiger partial charge in [-0.25, -0.2) is 4.79 Å². The summed E-state index contributed by atoms with van der Waals surface area (Å²) >= 11 is 0. The Morgan fingerprint density at radius 3 is 2.30 bits per heavy atom. The van der Waals surface area contributed by atoms with Crippen molar-refractivity contribution in [2.75, 3.05) is 13.2 Å². The molecule has 148 valence electrons. The molecule has 0 saturated carbocycles. The molecule has 0 aromatic rings. The highest BCUT2D eigenvalue weighted by molar-refractivity contribution is 5.89. The lowest BCUT2D eigenvalue weighted by Crippen LogP contribution is -2.46. The number of rotatable bonds is 6. The van der Waals surface area contributed by atoms with E-state index in [1.807, 2.05) is 0 Å². The van der Waals surface area contributed by atoms with Crippen molar-refractivity contribution in [1.82, 2.24) is 4.90 Å². The van der Waals surface area contributed by atoms with Crippen molar-refractivity contribution < 1.29 is 43.2 Å². The van der Waals surface area contributed by atoms with E-state index in [0.29, 0.717) is 0 Å². The zero-order valence-corrected chi connectivity index (χ0v) is 15.1. The van der Waals surface area contributed by atoms with Crippen molar-refractivity contribution in [3.63, 3.8) is 0 Å². The number of hydrogen-bond donors (Lipinski definition) is 1. The molecule has 4 unspecified atom stereocenters. The molecule has 27 heavy (non-hydrogen) atoms. The molecule has 4 atom stereocenters. The van der Waals surface area contributed by atoms with Gasteiger partial charge in [-0.3, -0.25) is 14.4 Å². The van der Waals surface area contributed by atoms with E-state index >= 15 is 0 Å². The van der Waals surface area contributed by atoms with Crippen LogP contribution in [-0.4, -0.2) is 71.6 Å². The molecule has 1 N–H and O–H groups in total. The van der Waals surface area contributed by atoms with E-state index in [2.05, 4.69) is 0 Å². The SMILES string of the molecule is CC(=O)OCC1OC(N2C=C(C(=O)O)C=CC2)C(OC(C)=O)C1OC(C)=O. The first-order valence-corrected chi connectivity index (χ1v) is 8.19. The Bertz CT molecular complexity index is 684. The van der Waals surface area contributed by atoms with Crippen molar-refractivity contribution in [2.45, 2.75) is 45.3 Å². The molecule has 1 fully saturated rings. The second-order valence-electron chi connectivity index (χ2n) is 6.00. The summed E-state index contributed by atoms with van der Waals surface area (Å²) in [6, 6.07) is 0. The van der Waals surface area contributed by atoms with Crippen molar-refractivity contribution in [1.29, 1.82) is 0 Å². The summed E-state index contributed by atoms with van der Waals surface area (Å²) in [5.74, 6) is -2.95. The predicted octanol–water partition coefficient (Wildman–Crippen LogP) is -0.0219. The first-order valence-electron chi connectivity index (χ1n) is 8.19. The van der Waals surface area contributed by atoms with Crippen LogP contribution in [-0.2, 0) is 38.1 Å². The van der Waals surface area contributed by atoms with Gasteiger partial charge in [-0.1, -0.05) is 6.08 Å². The van der Waals surface area contributed by atoms with Crippen LogP contribution in [0, 0.1) is 0 Å². The van der Waals surface area contributed by atoms with Crippen LogP contribution in [0.1, 0.15) is 20.8 Å². The number of ether oxygens (including phenoxy) is 4. The highest BCUT2D eigenvalue weighted by Crippen LogP contribution is 2.31. The molecule has 10 heteroatoms. The summed E-state index contributed by atoms with van der Waals surface area (Å²) in [7, 11) is 0. The number of nitrogens with zero attached hydrogens (tertiary/aromatic N) is 1. The largest absolute Gasteiger partial charge is 0.478 e. The van der Waals surface area contributed by atoms with Crippen LogP contribution in [0.25, 0.3) is 0 Å². The number of carboxylic acid groups (broad SMARTS) is 1. The minimum absolute atomic E-state index is 0.0129. The Balaban J connectivity index is 2.31. The molecule has 0 aliphatic carbocycles. The fourth-order valence-electron chi connectivity index (χ4n) is 2.84. The minimum Gasteiger partial charge on any atom is -0.478 e. The molecule has 2 rings (SSSR count). The Kier molecular flexibility index (Phi) is 6.56. The van der Waals surface area contributed by atoms with Crippen LogP contribution in [0.2, 0.25) is 0 Å². The third kappa shape index (κ3) is 5.30. The lowest BCUT2D eigenvalue weighted by Gasteiger charge is -2.32. The predicted molar refractivity (Wildman–Crippen MR) is 88.0 cm³/mol. The summed E-state index contributed by atoms with van der Waals surface area (Å²) in [5.41, 5.74) is 0.0129. The van der Waals surface area contributed by atoms with Crippen LogP contribution >= 0.6 is 0 Å². The second-order valence-corrected chi connectivity index (χ2v) is 6.00. The Hall–Kier alpha value is -2.88. The van der Waals surface area contributed by atoms with E-state index in [1.54, 1.807) is 6.08 Å². The molecule has 0 bridgehead atoms. The normalized spacial score (nSPS) is 26.9. The summed E-state index contributed by atoms with van der Waals surface area (Å²) < 4.78 is 21.3. The third-order valence-electron chi connectivity index (χ3n) is 3.83. The van der Waals surface area contributed by atoms with Gasteiger partial charge in [0, 0.05) is 33.5 Å². The van der Waals surface area contributed by atoms with E-state index in [0.717, 1.165) is 0 Å². The minimum atomic E-state index is -1.13. The lowest BCUT2D eigenvalue weighted by atomic mass is 10.1. The van der Waals surface area contributed by atoms with Gasteiger partial charge in [-0.15, -0.1) is 0 Å². The van der Waals surface area contributed by atoms with E-state index in [9.17, 15) is 24.3 Å². The number of carboxylic acids is 1. The molecule has 0 aromatic carbocycles. The number of aliphatic carboxylic acids is 1. The van der Waals surface area contributed by atoms with Crippen molar-refractivity contribution >= 4 is 23.9 Å². The maximum atomic E-state index is 11.6. The fraction of sp³-hybridized carbons (Fsp3) is 0.529. The summed E-state index contributed by atoms with van der Waals surface area (Å²) in [6.45, 7) is 3.66. The molecule has 0 spiro atoms. The standard InChI is InChI=1S/C17H21NO9/c1-9(19)24-8-13-14(25-10(2)20)15(26-11(3)21)16(27-13)18-6-4-5-12(7-18)17(22)23/h4-5,7,13-16H,6,8H2,1-3H3,(H,22,23). The molecule has 0 aromatic heterocycles. The quantitative estimate of drug-likeness (QED) is 0.493. The smallest absolute Gasteiger partial charge is 0.337 e. The Morgan fingerprint density at radius 1 is 1.11 bits per heavy atom. The molecular formula is C17H21NO9. The number of carbonyl (C=O) groups is 4. The highest BCUT2D eigenvalue weighted by Gasteiger charge is 2.51. The molecule has 0 radical (unpaired) electrons. The van der Waals surface area contributed by atoms with Gasteiger partial charge in [0.15, 0.2) is 18.4 Å². The topological polar surface area (TPSA) is 129 Å². The Morgan fingerprint density at radius 2 is 1.74 bits per heavy atom. The van der Waals surface area contributed by atoms with Gasteiger partial charge in [-0.2, -0.15) is 0 Å². The van der Waals surface area contributed by atoms with Crippen molar-refractivity contribution in [3.05, 3.63) is 23.9 Å². The summed E-state index contributed by atoms with van der Waals surface area (Å²) in [5, 5.41) is 9.18. The number of carbonyl (C=O) groups excluding carboxylic acids is 3. The molecule has 2 aliphatic heterocycles. The van der Waals surface area contributed by atoms with E-state index < -0.39 is 48.4 Å². The summed E-state index contributed by atoms with van der Waals surface area (Å²) in [6.07, 6.45) is 0.514. The van der Waals surface area contributed by atoms with E-state index in [-0.39, 0.29) is 18.7 Å². The summed E-state index contributed by atoms with van der Waals surface area (Å²) in [4.78, 5) is 46.9. The molecule has 0 amide bonds. The molecule has 2 aliphatic rings. The monoisotopic (exact) mass is 383 g/mol. The van der Waals surface area contributed by atoms with Crippen LogP contribution in [0.5, 0.6) is 0 Å². The van der Waals surface area contributed by atoms with Gasteiger partial charge < -0.3 is 29.0 Å². The van der Waals surface area contributed by atoms with Crippen molar-refractivity contribution in [2.24, 2.45) is 0 Å². The first-order chi connectivity index (χ1) is 12.7. The van der Waals surface area contributed by atoms with Gasteiger partial charge in [-0.05, 0) is 6.08 Å². The highest BCUT2D eigenvalue weighted by atomic mass is 16.7. The van der Waals surface area contributed by atoms with Crippen LogP contribution < -0.4 is 0 Å². The van der Waals surface area contributed by atoms with E-state index in [4.69, 9.17) is 18.9 Å². The van der Waals surface area contributed by atoms with Crippen LogP contribution in [0.15, 0.2) is 23.9 Å². The fourth-order valence-corrected chi connectivity index (χ4v) is 2.84. The maximum absolute atomic E-state index is 11.6. The Labute approximate surface area is 155 Å². The average molecular weight is 383 g/mol. The van der Waals surface area contributed by atoms with Gasteiger partial charge >= 0.3 is 23.9 Å². The van der Waals surface area contributed by atoms with Crippen LogP contribution in [0.3, 0.4) is 0 Å². The zero-order chi connectivity index (χ0) is 20.1. The van der Waals surface area contributed by atoms with E-state index in [1.165, 1.54) is 37.9 Å². The van der Waals surface area contributed by atoms with Gasteiger partial charge in [0.05, 0.1) is 5.57 Å². The molecular weight excluding hydrogens is 362 g/mol. The third-order valence-corrected chi connectivity index (χ3v) is 3.83. The maximum Gasteiger partial charge on any atom is 0.337 e. The molecule has 10 nitrogen and oxygen atoms in total. The molecule has 2 heterocycles. The first kappa shape index (κ1) is 20.4. The second kappa shape index (κ2) is 8.67. The van der Waals surface area contributed by atoms with Crippen LogP contribution in [0.4, 0.5) is 0 Å². The number of esters is 3. The molecule has 1 saturated heterocycles. The van der Waals surface area contributed by atoms with Gasteiger partial charge in [0.2, 0.25) is 0 Å². The lowest BCUT2D eigenvalue weighted by molar-refractivity contribution is -0.167. The average Bonchev–Trinajstić information content (AvgIpc) is 2.89. The number of hydrogen-bond acceptors (Lipinski definition) is 9. The van der Waals surface area contributed by atoms with Gasteiger partial charge in [0.25, 0.3) is 0 Å². The zero-order valence-electron chi connectivity index (χ0n) is 15.1.